The van der Waals surface area contributed by atoms with Crippen LogP contribution in [0.3, 0.4) is 0 Å². The van der Waals surface area contributed by atoms with Crippen molar-refractivity contribution in [1.82, 2.24) is 14.8 Å². The maximum absolute atomic E-state index is 14.7. The minimum Gasteiger partial charge on any atom is -0.378 e. The molecule has 3 heterocycles. The molecule has 5 atom stereocenters. The molecule has 202 valence electrons. The van der Waals surface area contributed by atoms with Gasteiger partial charge < -0.3 is 10.3 Å². The van der Waals surface area contributed by atoms with Crippen LogP contribution in [-0.2, 0) is 6.42 Å². The quantitative estimate of drug-likeness (QED) is 0.375. The Bertz CT molecular complexity index is 1260. The third-order valence-electron chi connectivity index (χ3n) is 10.0. The molecule has 2 aromatic carbocycles. The number of benzene rings is 2. The lowest BCUT2D eigenvalue weighted by atomic mass is 9.61. The van der Waals surface area contributed by atoms with Crippen molar-refractivity contribution in [1.29, 1.82) is 0 Å². The lowest BCUT2D eigenvalue weighted by molar-refractivity contribution is -0.0356. The van der Waals surface area contributed by atoms with Crippen LogP contribution in [-0.4, -0.2) is 65.4 Å². The summed E-state index contributed by atoms with van der Waals surface area (Å²) in [4.78, 5) is 8.72. The van der Waals surface area contributed by atoms with Crippen molar-refractivity contribution in [2.45, 2.75) is 75.8 Å². The number of likely N-dealkylation sites (tertiary alicyclic amines) is 1. The van der Waals surface area contributed by atoms with Crippen molar-refractivity contribution < 1.29 is 8.78 Å². The van der Waals surface area contributed by atoms with E-state index in [0.29, 0.717) is 38.1 Å². The summed E-state index contributed by atoms with van der Waals surface area (Å²) in [7, 11) is 0. The first kappa shape index (κ1) is 24.6. The molecule has 2 bridgehead atoms. The molecule has 1 unspecified atom stereocenters. The number of fused-ring (bicyclic) bond motifs is 5. The van der Waals surface area contributed by atoms with Gasteiger partial charge in [-0.25, -0.2) is 4.39 Å². The van der Waals surface area contributed by atoms with Crippen LogP contribution in [0.1, 0.15) is 61.9 Å². The minimum atomic E-state index is -0.935. The highest BCUT2D eigenvalue weighted by molar-refractivity contribution is 5.85. The summed E-state index contributed by atoms with van der Waals surface area (Å²) in [5.74, 6) is 1.79. The van der Waals surface area contributed by atoms with Gasteiger partial charge in [-0.05, 0) is 86.6 Å². The zero-order valence-electron chi connectivity index (χ0n) is 22.4. The molecule has 2 aliphatic heterocycles. The number of H-pyrrole nitrogens is 1. The Morgan fingerprint density at radius 2 is 1.84 bits per heavy atom. The van der Waals surface area contributed by atoms with Gasteiger partial charge in [0.25, 0.3) is 0 Å². The lowest BCUT2D eigenvalue weighted by Gasteiger charge is -2.55. The molecule has 6 heteroatoms. The minimum absolute atomic E-state index is 0.203. The van der Waals surface area contributed by atoms with Crippen LogP contribution >= 0.6 is 0 Å². The average Bonchev–Trinajstić information content (AvgIpc) is 3.46. The predicted molar refractivity (Wildman–Crippen MR) is 150 cm³/mol. The highest BCUT2D eigenvalue weighted by Gasteiger charge is 2.48. The zero-order valence-corrected chi connectivity index (χ0v) is 22.4. The number of hydrogen-bond acceptors (Lipinski definition) is 3. The Morgan fingerprint density at radius 1 is 1.03 bits per heavy atom. The molecule has 3 aromatic rings. The second-order valence-electron chi connectivity index (χ2n) is 12.4. The Hall–Kier alpha value is -2.44. The molecule has 3 aliphatic carbocycles. The zero-order chi connectivity index (χ0) is 25.8. The highest BCUT2D eigenvalue weighted by atomic mass is 19.1. The van der Waals surface area contributed by atoms with Gasteiger partial charge in [-0.3, -0.25) is 14.2 Å². The van der Waals surface area contributed by atoms with Gasteiger partial charge in [0, 0.05) is 54.0 Å². The van der Waals surface area contributed by atoms with Gasteiger partial charge in [0.2, 0.25) is 0 Å². The summed E-state index contributed by atoms with van der Waals surface area (Å²) in [6, 6.07) is 18.6. The van der Waals surface area contributed by atoms with Crippen molar-refractivity contribution in [3.8, 4) is 0 Å². The molecule has 38 heavy (non-hydrogen) atoms. The number of anilines is 1. The number of nitrogens with zero attached hydrogens (tertiary/aromatic N) is 2. The van der Waals surface area contributed by atoms with Crippen LogP contribution < -0.4 is 5.32 Å². The SMILES string of the molecule is C[C@@H]1Cc2c([nH]c3ccccc23)[C@@H](c2ccc(N[C@@H]3CN(CCCF)C[C@@H]3F)cc2)N1C1CCC2CC1C2. The molecule has 0 amide bonds. The Labute approximate surface area is 224 Å². The van der Waals surface area contributed by atoms with E-state index in [0.717, 1.165) is 23.9 Å². The Balaban J connectivity index is 1.19. The van der Waals surface area contributed by atoms with Gasteiger partial charge in [-0.1, -0.05) is 30.3 Å². The van der Waals surface area contributed by atoms with Crippen molar-refractivity contribution in [3.05, 3.63) is 65.4 Å². The normalized spacial score (nSPS) is 33.3. The molecule has 0 spiro atoms. The fourth-order valence-corrected chi connectivity index (χ4v) is 8.13. The second kappa shape index (κ2) is 9.95. The topological polar surface area (TPSA) is 34.3 Å². The van der Waals surface area contributed by atoms with Crippen molar-refractivity contribution in [2.75, 3.05) is 31.6 Å². The lowest BCUT2D eigenvalue weighted by Crippen LogP contribution is -2.56. The van der Waals surface area contributed by atoms with Crippen LogP contribution in [0.15, 0.2) is 48.5 Å². The molecular weight excluding hydrogens is 478 g/mol. The number of aromatic amines is 1. The number of para-hydroxylation sites is 1. The maximum atomic E-state index is 14.7. The number of hydrogen-bond donors (Lipinski definition) is 2. The number of aromatic nitrogens is 1. The van der Waals surface area contributed by atoms with E-state index < -0.39 is 6.17 Å². The van der Waals surface area contributed by atoms with Crippen LogP contribution in [0.25, 0.3) is 10.9 Å². The molecule has 4 nitrogen and oxygen atoms in total. The van der Waals surface area contributed by atoms with E-state index in [2.05, 4.69) is 70.7 Å². The number of alkyl halides is 2. The van der Waals surface area contributed by atoms with Crippen molar-refractivity contribution >= 4 is 16.6 Å². The van der Waals surface area contributed by atoms with Gasteiger partial charge in [0.1, 0.15) is 6.17 Å². The molecule has 1 saturated heterocycles. The monoisotopic (exact) mass is 518 g/mol. The van der Waals surface area contributed by atoms with E-state index in [9.17, 15) is 8.78 Å². The van der Waals surface area contributed by atoms with E-state index in [1.165, 1.54) is 53.4 Å². The van der Waals surface area contributed by atoms with Gasteiger partial charge in [-0.2, -0.15) is 0 Å². The number of rotatable bonds is 7. The summed E-state index contributed by atoms with van der Waals surface area (Å²) in [6.45, 7) is 3.72. The van der Waals surface area contributed by atoms with Crippen LogP contribution in [0, 0.1) is 11.8 Å². The van der Waals surface area contributed by atoms with Gasteiger partial charge in [-0.15, -0.1) is 0 Å². The predicted octanol–water partition coefficient (Wildman–Crippen LogP) is 6.49. The van der Waals surface area contributed by atoms with Crippen molar-refractivity contribution in [2.24, 2.45) is 11.8 Å². The first-order valence-corrected chi connectivity index (χ1v) is 14.7. The standard InChI is InChI=1S/C32H40F2N4/c1-20-15-26-25-5-2-3-6-28(25)36-31(26)32(38(20)30-12-7-21-16-23(30)17-21)22-8-10-24(11-9-22)35-29-19-37(14-4-13-33)18-27(29)34/h2-3,5-6,8-11,20-21,23,27,29-30,32,35-36H,4,7,12-19H2,1H3/t20-,21?,23?,27+,29-,30?,32-/m1/s1. The van der Waals surface area contributed by atoms with Crippen LogP contribution in [0.2, 0.25) is 0 Å². The summed E-state index contributed by atoms with van der Waals surface area (Å²) < 4.78 is 27.3. The molecule has 0 radical (unpaired) electrons. The molecule has 3 saturated carbocycles. The third-order valence-corrected chi connectivity index (χ3v) is 10.0. The Morgan fingerprint density at radius 3 is 2.61 bits per heavy atom. The second-order valence-corrected chi connectivity index (χ2v) is 12.4. The summed E-state index contributed by atoms with van der Waals surface area (Å²) in [6.07, 6.45) is 6.10. The number of halogens is 2. The van der Waals surface area contributed by atoms with E-state index in [4.69, 9.17) is 0 Å². The van der Waals surface area contributed by atoms with Crippen LogP contribution in [0.5, 0.6) is 0 Å². The van der Waals surface area contributed by atoms with E-state index in [-0.39, 0.29) is 18.8 Å². The maximum Gasteiger partial charge on any atom is 0.134 e. The third kappa shape index (κ3) is 4.24. The smallest absolute Gasteiger partial charge is 0.134 e. The van der Waals surface area contributed by atoms with E-state index >= 15 is 0 Å². The average molecular weight is 519 g/mol. The molecular formula is C32H40F2N4. The summed E-state index contributed by atoms with van der Waals surface area (Å²) >= 11 is 0. The highest BCUT2D eigenvalue weighted by Crippen LogP contribution is 2.52. The van der Waals surface area contributed by atoms with E-state index in [1.807, 2.05) is 4.90 Å². The Kier molecular flexibility index (Phi) is 6.44. The fourth-order valence-electron chi connectivity index (χ4n) is 8.13. The summed E-state index contributed by atoms with van der Waals surface area (Å²) in [5, 5.41) is 4.79. The van der Waals surface area contributed by atoms with Crippen molar-refractivity contribution in [3.63, 3.8) is 0 Å². The van der Waals surface area contributed by atoms with Gasteiger partial charge in [0.05, 0.1) is 18.8 Å². The molecule has 2 N–H and O–H groups in total. The fraction of sp³-hybridized carbons (Fsp3) is 0.562. The van der Waals surface area contributed by atoms with Crippen LogP contribution in [0.4, 0.5) is 14.5 Å². The molecule has 1 aromatic heterocycles. The molecule has 5 aliphatic rings. The first-order valence-electron chi connectivity index (χ1n) is 14.7. The van der Waals surface area contributed by atoms with Gasteiger partial charge >= 0.3 is 0 Å². The van der Waals surface area contributed by atoms with Gasteiger partial charge in [0.15, 0.2) is 0 Å². The van der Waals surface area contributed by atoms with E-state index in [1.54, 1.807) is 0 Å². The summed E-state index contributed by atoms with van der Waals surface area (Å²) in [5.41, 5.74) is 6.33. The molecule has 8 rings (SSSR count). The first-order chi connectivity index (χ1) is 18.6. The number of nitrogens with one attached hydrogen (secondary N) is 2. The molecule has 4 fully saturated rings. The largest absolute Gasteiger partial charge is 0.378 e.